The lowest BCUT2D eigenvalue weighted by atomic mass is 9.85. The van der Waals surface area contributed by atoms with Gasteiger partial charge in [-0.05, 0) is 82.8 Å². The topological polar surface area (TPSA) is 40.6 Å². The van der Waals surface area contributed by atoms with Crippen LogP contribution >= 0.6 is 0 Å². The van der Waals surface area contributed by atoms with Crippen LogP contribution in [-0.4, -0.2) is 54.2 Å². The molecule has 0 radical (unpaired) electrons. The fourth-order valence-corrected chi connectivity index (χ4v) is 10.9. The smallest absolute Gasteiger partial charge is 0.226 e. The van der Waals surface area contributed by atoms with E-state index in [9.17, 15) is 9.59 Å². The molecular weight excluding hydrogens is 817 g/mol. The molecule has 1 saturated heterocycles. The van der Waals surface area contributed by atoms with Gasteiger partial charge in [-0.25, -0.2) is 0 Å². The molecule has 1 aliphatic rings. The fourth-order valence-electron chi connectivity index (χ4n) is 10.9. The van der Waals surface area contributed by atoms with Crippen LogP contribution in [0.3, 0.4) is 0 Å². The Bertz CT molecular complexity index is 1110. The summed E-state index contributed by atoms with van der Waals surface area (Å²) < 4.78 is 0. The van der Waals surface area contributed by atoms with Gasteiger partial charge in [-0.2, -0.15) is 0 Å². The van der Waals surface area contributed by atoms with E-state index in [1.807, 2.05) is 0 Å². The molecule has 67 heavy (non-hydrogen) atoms. The molecule has 4 nitrogen and oxygen atoms in total. The van der Waals surface area contributed by atoms with E-state index in [2.05, 4.69) is 57.1 Å². The lowest BCUT2D eigenvalue weighted by Gasteiger charge is -2.23. The Morgan fingerprint density at radius 1 is 0.522 bits per heavy atom. The first kappa shape index (κ1) is 63.6. The van der Waals surface area contributed by atoms with E-state index < -0.39 is 0 Å². The molecule has 1 unspecified atom stereocenters. The summed E-state index contributed by atoms with van der Waals surface area (Å²) in [6.45, 7) is 21.3. The molecule has 0 N–H and O–H groups in total. The van der Waals surface area contributed by atoms with Crippen LogP contribution in [-0.2, 0) is 9.59 Å². The van der Waals surface area contributed by atoms with Crippen molar-refractivity contribution in [3.05, 3.63) is 23.8 Å². The largest absolute Gasteiger partial charge is 0.342 e. The SMILES string of the molecule is C=C1CCN(C(=O)C/C=C(\CCCCCCCCC)CCCN(CCCCCCCCC)CCCCCCCCC)CCC1CC(=O)CC(CCCCCCCCC)CCCCCCCCC. The molecule has 1 heterocycles. The van der Waals surface area contributed by atoms with E-state index >= 15 is 0 Å². The van der Waals surface area contributed by atoms with Gasteiger partial charge in [0.1, 0.15) is 5.78 Å². The van der Waals surface area contributed by atoms with Crippen molar-refractivity contribution in [3.8, 4) is 0 Å². The molecule has 1 aliphatic heterocycles. The number of Topliss-reactive ketones (excluding diaryl/α,β-unsaturated/α-hetero) is 1. The number of carbonyl (C=O) groups excluding carboxylic acids is 2. The Labute approximate surface area is 421 Å². The molecule has 394 valence electrons. The van der Waals surface area contributed by atoms with Gasteiger partial charge in [0.15, 0.2) is 0 Å². The van der Waals surface area contributed by atoms with Crippen molar-refractivity contribution in [2.45, 2.75) is 324 Å². The summed E-state index contributed by atoms with van der Waals surface area (Å²) >= 11 is 0. The number of ketones is 1. The molecular formula is C63H120N2O2. The zero-order chi connectivity index (χ0) is 48.7. The third kappa shape index (κ3) is 39.0. The molecule has 1 rings (SSSR count). The quantitative estimate of drug-likeness (QED) is 0.0451. The highest BCUT2D eigenvalue weighted by Gasteiger charge is 2.25. The van der Waals surface area contributed by atoms with Crippen LogP contribution in [0.15, 0.2) is 23.8 Å². The maximum Gasteiger partial charge on any atom is 0.226 e. The summed E-state index contributed by atoms with van der Waals surface area (Å²) in [7, 11) is 0. The number of hydrogen-bond acceptors (Lipinski definition) is 3. The molecule has 0 aromatic heterocycles. The molecule has 1 fully saturated rings. The lowest BCUT2D eigenvalue weighted by Crippen LogP contribution is -2.31. The molecule has 1 atom stereocenters. The summed E-state index contributed by atoms with van der Waals surface area (Å²) in [4.78, 5) is 32.6. The predicted octanol–water partition coefficient (Wildman–Crippen LogP) is 20.1. The molecule has 4 heteroatoms. The minimum atomic E-state index is 0.219. The zero-order valence-corrected chi connectivity index (χ0v) is 46.5. The van der Waals surface area contributed by atoms with Crippen LogP contribution in [0, 0.1) is 11.8 Å². The number of unbranched alkanes of at least 4 members (excludes halogenated alkanes) is 30. The Morgan fingerprint density at radius 2 is 0.910 bits per heavy atom. The maximum atomic E-state index is 13.9. The second kappa shape index (κ2) is 48.2. The summed E-state index contributed by atoms with van der Waals surface area (Å²) in [5.74, 6) is 1.48. The number of hydrogen-bond donors (Lipinski definition) is 0. The number of rotatable bonds is 50. The average molecular weight is 938 g/mol. The first-order valence-electron chi connectivity index (χ1n) is 30.8. The maximum absolute atomic E-state index is 13.9. The van der Waals surface area contributed by atoms with Crippen molar-refractivity contribution in [2.24, 2.45) is 11.8 Å². The van der Waals surface area contributed by atoms with Crippen LogP contribution in [0.4, 0.5) is 0 Å². The number of likely N-dealkylation sites (tertiary alicyclic amines) is 1. The lowest BCUT2D eigenvalue weighted by molar-refractivity contribution is -0.130. The number of amides is 1. The van der Waals surface area contributed by atoms with E-state index in [0.29, 0.717) is 24.5 Å². The van der Waals surface area contributed by atoms with E-state index in [1.54, 1.807) is 0 Å². The van der Waals surface area contributed by atoms with Gasteiger partial charge < -0.3 is 9.80 Å². The first-order valence-corrected chi connectivity index (χ1v) is 30.8. The van der Waals surface area contributed by atoms with E-state index in [0.717, 1.165) is 45.2 Å². The van der Waals surface area contributed by atoms with Gasteiger partial charge in [-0.15, -0.1) is 0 Å². The van der Waals surface area contributed by atoms with Crippen LogP contribution in [0.1, 0.15) is 324 Å². The van der Waals surface area contributed by atoms with E-state index in [-0.39, 0.29) is 11.8 Å². The van der Waals surface area contributed by atoms with Gasteiger partial charge in [0.25, 0.3) is 0 Å². The van der Waals surface area contributed by atoms with Crippen LogP contribution in [0.25, 0.3) is 0 Å². The van der Waals surface area contributed by atoms with Crippen molar-refractivity contribution in [3.63, 3.8) is 0 Å². The molecule has 0 saturated carbocycles. The second-order valence-corrected chi connectivity index (χ2v) is 22.0. The van der Waals surface area contributed by atoms with Crippen LogP contribution < -0.4 is 0 Å². The molecule has 0 aliphatic carbocycles. The van der Waals surface area contributed by atoms with Gasteiger partial charge in [0.05, 0.1) is 0 Å². The summed E-state index contributed by atoms with van der Waals surface area (Å²) in [5, 5.41) is 0. The summed E-state index contributed by atoms with van der Waals surface area (Å²) in [6.07, 6.45) is 59.2. The van der Waals surface area contributed by atoms with E-state index in [4.69, 9.17) is 0 Å². The molecule has 0 aromatic carbocycles. The van der Waals surface area contributed by atoms with Crippen LogP contribution in [0.2, 0.25) is 0 Å². The fraction of sp³-hybridized carbons (Fsp3) is 0.905. The van der Waals surface area contributed by atoms with Gasteiger partial charge in [-0.1, -0.05) is 277 Å². The van der Waals surface area contributed by atoms with Crippen LogP contribution in [0.5, 0.6) is 0 Å². The minimum Gasteiger partial charge on any atom is -0.342 e. The minimum absolute atomic E-state index is 0.219. The molecule has 0 bridgehead atoms. The van der Waals surface area contributed by atoms with Gasteiger partial charge in [-0.3, -0.25) is 9.59 Å². The molecule has 0 aromatic rings. The Kier molecular flexibility index (Phi) is 45.8. The number of allylic oxidation sites excluding steroid dienone is 1. The normalized spacial score (nSPS) is 14.8. The van der Waals surface area contributed by atoms with Crippen molar-refractivity contribution in [1.29, 1.82) is 0 Å². The van der Waals surface area contributed by atoms with Gasteiger partial charge in [0, 0.05) is 32.4 Å². The molecule has 0 spiro atoms. The Hall–Kier alpha value is -1.42. The third-order valence-electron chi connectivity index (χ3n) is 15.6. The second-order valence-electron chi connectivity index (χ2n) is 22.0. The first-order chi connectivity index (χ1) is 32.9. The molecule has 1 amide bonds. The van der Waals surface area contributed by atoms with E-state index in [1.165, 1.54) is 275 Å². The van der Waals surface area contributed by atoms with Crippen molar-refractivity contribution < 1.29 is 9.59 Å². The highest BCUT2D eigenvalue weighted by atomic mass is 16.2. The average Bonchev–Trinajstić information content (AvgIpc) is 3.51. The number of nitrogens with zero attached hydrogens (tertiary/aromatic N) is 2. The van der Waals surface area contributed by atoms with Crippen molar-refractivity contribution in [2.75, 3.05) is 32.7 Å². The standard InChI is InChI=1S/C63H120N2O2/c1-7-12-17-22-27-32-37-43-59(46-42-53-64(51-40-35-30-25-20-15-10-4)52-41-36-31-26-21-16-11-5)47-48-63(67)65-54-49-58(6)61(50-55-65)57-62(66)56-60(44-38-33-28-23-18-13-8-2)45-39-34-29-24-19-14-9-3/h47,60-61H,6-46,48-57H2,1-5H3/b59-47+. The van der Waals surface area contributed by atoms with Crippen molar-refractivity contribution >= 4 is 11.7 Å². The summed E-state index contributed by atoms with van der Waals surface area (Å²) in [6, 6.07) is 0. The number of carbonyl (C=O) groups is 2. The third-order valence-corrected chi connectivity index (χ3v) is 15.6. The highest BCUT2D eigenvalue weighted by molar-refractivity contribution is 5.79. The van der Waals surface area contributed by atoms with Gasteiger partial charge >= 0.3 is 0 Å². The zero-order valence-electron chi connectivity index (χ0n) is 46.5. The monoisotopic (exact) mass is 937 g/mol. The Balaban J connectivity index is 2.83. The predicted molar refractivity (Wildman–Crippen MR) is 298 cm³/mol. The van der Waals surface area contributed by atoms with Gasteiger partial charge in [0.2, 0.25) is 5.91 Å². The summed E-state index contributed by atoms with van der Waals surface area (Å²) in [5.41, 5.74) is 2.73. The highest BCUT2D eigenvalue weighted by Crippen LogP contribution is 2.30. The van der Waals surface area contributed by atoms with Crippen molar-refractivity contribution in [1.82, 2.24) is 9.80 Å². The Morgan fingerprint density at radius 3 is 1.37 bits per heavy atom.